The van der Waals surface area contributed by atoms with Crippen molar-refractivity contribution in [3.05, 3.63) is 41.9 Å². The fourth-order valence-electron chi connectivity index (χ4n) is 2.44. The van der Waals surface area contributed by atoms with Crippen molar-refractivity contribution in [3.63, 3.8) is 0 Å². The van der Waals surface area contributed by atoms with E-state index in [1.807, 2.05) is 24.3 Å². The van der Waals surface area contributed by atoms with Gasteiger partial charge in [-0.1, -0.05) is 17.7 Å². The summed E-state index contributed by atoms with van der Waals surface area (Å²) in [6.07, 6.45) is 1.69. The molecule has 1 amide bonds. The molecule has 0 bridgehead atoms. The van der Waals surface area contributed by atoms with E-state index in [-0.39, 0.29) is 5.91 Å². The van der Waals surface area contributed by atoms with Crippen LogP contribution in [0.4, 0.5) is 0 Å². The zero-order valence-electron chi connectivity index (χ0n) is 13.3. The maximum absolute atomic E-state index is 11.7. The Morgan fingerprint density at radius 3 is 2.52 bits per heavy atom. The fraction of sp³-hybridized carbons (Fsp3) is 0.471. The van der Waals surface area contributed by atoms with Gasteiger partial charge in [0, 0.05) is 44.3 Å². The molecule has 0 unspecified atom stereocenters. The first kappa shape index (κ1) is 17.8. The summed E-state index contributed by atoms with van der Waals surface area (Å²) in [4.78, 5) is 16.2. The van der Waals surface area contributed by atoms with E-state index in [2.05, 4.69) is 21.7 Å². The smallest absolute Gasteiger partial charge is 0.234 e. The lowest BCUT2D eigenvalue weighted by Gasteiger charge is -2.34. The van der Waals surface area contributed by atoms with E-state index < -0.39 is 0 Å². The number of hydrogen-bond donors (Lipinski definition) is 1. The number of halogens is 1. The van der Waals surface area contributed by atoms with Gasteiger partial charge in [-0.15, -0.1) is 6.58 Å². The molecular formula is C17H24ClN3O2. The van der Waals surface area contributed by atoms with Gasteiger partial charge in [-0.05, 0) is 24.3 Å². The molecule has 1 aliphatic rings. The highest BCUT2D eigenvalue weighted by molar-refractivity contribution is 6.30. The predicted molar refractivity (Wildman–Crippen MR) is 93.0 cm³/mol. The molecule has 1 heterocycles. The van der Waals surface area contributed by atoms with Crippen LogP contribution in [-0.4, -0.2) is 68.1 Å². The van der Waals surface area contributed by atoms with Crippen molar-refractivity contribution in [1.29, 1.82) is 0 Å². The molecule has 5 nitrogen and oxygen atoms in total. The Balaban J connectivity index is 1.60. The van der Waals surface area contributed by atoms with Crippen molar-refractivity contribution in [2.75, 3.05) is 52.4 Å². The van der Waals surface area contributed by atoms with Crippen molar-refractivity contribution in [2.45, 2.75) is 0 Å². The van der Waals surface area contributed by atoms with Gasteiger partial charge >= 0.3 is 0 Å². The summed E-state index contributed by atoms with van der Waals surface area (Å²) in [7, 11) is 0. The molecule has 0 saturated carbocycles. The highest BCUT2D eigenvalue weighted by atomic mass is 35.5. The average molecular weight is 338 g/mol. The summed E-state index contributed by atoms with van der Waals surface area (Å²) >= 11 is 5.84. The van der Waals surface area contributed by atoms with E-state index in [9.17, 15) is 4.79 Å². The Morgan fingerprint density at radius 1 is 1.22 bits per heavy atom. The Bertz CT molecular complexity index is 499. The van der Waals surface area contributed by atoms with E-state index in [0.717, 1.165) is 38.5 Å². The van der Waals surface area contributed by atoms with Crippen molar-refractivity contribution in [1.82, 2.24) is 15.1 Å². The number of nitrogens with zero attached hydrogens (tertiary/aromatic N) is 2. The van der Waals surface area contributed by atoms with Gasteiger partial charge in [0.2, 0.25) is 5.91 Å². The fourth-order valence-corrected chi connectivity index (χ4v) is 2.57. The predicted octanol–water partition coefficient (Wildman–Crippen LogP) is 1.64. The zero-order chi connectivity index (χ0) is 16.5. The Hall–Kier alpha value is -1.56. The van der Waals surface area contributed by atoms with Gasteiger partial charge in [0.1, 0.15) is 12.4 Å². The number of piperazine rings is 1. The summed E-state index contributed by atoms with van der Waals surface area (Å²) in [5.41, 5.74) is 0. The van der Waals surface area contributed by atoms with Gasteiger partial charge in [0.25, 0.3) is 0 Å². The molecule has 1 N–H and O–H groups in total. The van der Waals surface area contributed by atoms with E-state index in [4.69, 9.17) is 16.3 Å². The molecule has 126 valence electrons. The number of amides is 1. The third-order valence-electron chi connectivity index (χ3n) is 3.77. The average Bonchev–Trinajstić information content (AvgIpc) is 2.56. The zero-order valence-corrected chi connectivity index (χ0v) is 14.1. The number of ether oxygens (including phenoxy) is 1. The quantitative estimate of drug-likeness (QED) is 0.732. The SMILES string of the molecule is C=CCNC(=O)CN1CCN(CCOc2ccc(Cl)cc2)CC1. The number of hydrogen-bond acceptors (Lipinski definition) is 4. The van der Waals surface area contributed by atoms with E-state index in [1.54, 1.807) is 6.08 Å². The van der Waals surface area contributed by atoms with Crippen LogP contribution in [0.5, 0.6) is 5.75 Å². The lowest BCUT2D eigenvalue weighted by molar-refractivity contribution is -0.122. The molecule has 1 fully saturated rings. The molecule has 2 rings (SSSR count). The van der Waals surface area contributed by atoms with Gasteiger partial charge in [-0.25, -0.2) is 0 Å². The minimum atomic E-state index is 0.0596. The highest BCUT2D eigenvalue weighted by Gasteiger charge is 2.18. The summed E-state index contributed by atoms with van der Waals surface area (Å²) < 4.78 is 5.71. The van der Waals surface area contributed by atoms with Gasteiger partial charge in [-0.2, -0.15) is 0 Å². The molecular weight excluding hydrogens is 314 g/mol. The lowest BCUT2D eigenvalue weighted by atomic mass is 10.3. The van der Waals surface area contributed by atoms with Crippen molar-refractivity contribution >= 4 is 17.5 Å². The minimum Gasteiger partial charge on any atom is -0.492 e. The van der Waals surface area contributed by atoms with Gasteiger partial charge < -0.3 is 10.1 Å². The second kappa shape index (κ2) is 9.55. The third-order valence-corrected chi connectivity index (χ3v) is 4.02. The Kier molecular flexibility index (Phi) is 7.39. The molecule has 23 heavy (non-hydrogen) atoms. The number of rotatable bonds is 8. The highest BCUT2D eigenvalue weighted by Crippen LogP contribution is 2.15. The van der Waals surface area contributed by atoms with Crippen LogP contribution in [0.2, 0.25) is 5.02 Å². The van der Waals surface area contributed by atoms with Crippen LogP contribution < -0.4 is 10.1 Å². The lowest BCUT2D eigenvalue weighted by Crippen LogP contribution is -2.50. The Morgan fingerprint density at radius 2 is 1.87 bits per heavy atom. The van der Waals surface area contributed by atoms with E-state index in [1.165, 1.54) is 0 Å². The molecule has 1 aromatic rings. The topological polar surface area (TPSA) is 44.8 Å². The molecule has 1 aliphatic heterocycles. The molecule has 6 heteroatoms. The van der Waals surface area contributed by atoms with E-state index in [0.29, 0.717) is 24.7 Å². The van der Waals surface area contributed by atoms with Crippen LogP contribution in [0.25, 0.3) is 0 Å². The Labute approximate surface area is 142 Å². The summed E-state index contributed by atoms with van der Waals surface area (Å²) in [6, 6.07) is 7.41. The van der Waals surface area contributed by atoms with Gasteiger partial charge in [0.15, 0.2) is 0 Å². The minimum absolute atomic E-state index is 0.0596. The van der Waals surface area contributed by atoms with E-state index >= 15 is 0 Å². The van der Waals surface area contributed by atoms with Crippen LogP contribution in [0, 0.1) is 0 Å². The summed E-state index contributed by atoms with van der Waals surface area (Å²) in [6.45, 7) is 9.85. The van der Waals surface area contributed by atoms with Gasteiger partial charge in [-0.3, -0.25) is 14.6 Å². The first-order chi connectivity index (χ1) is 11.2. The largest absolute Gasteiger partial charge is 0.492 e. The number of benzene rings is 1. The second-order valence-corrected chi connectivity index (χ2v) is 5.95. The maximum Gasteiger partial charge on any atom is 0.234 e. The van der Waals surface area contributed by atoms with Crippen LogP contribution in [0.15, 0.2) is 36.9 Å². The molecule has 0 spiro atoms. The van der Waals surface area contributed by atoms with Crippen molar-refractivity contribution in [3.8, 4) is 5.75 Å². The number of carbonyl (C=O) groups excluding carboxylic acids is 1. The molecule has 0 atom stereocenters. The summed E-state index contributed by atoms with van der Waals surface area (Å²) in [5, 5.41) is 3.52. The second-order valence-electron chi connectivity index (χ2n) is 5.51. The van der Waals surface area contributed by atoms with Crippen molar-refractivity contribution < 1.29 is 9.53 Å². The third kappa shape index (κ3) is 6.60. The normalized spacial score (nSPS) is 16.0. The molecule has 1 aromatic carbocycles. The van der Waals surface area contributed by atoms with Gasteiger partial charge in [0.05, 0.1) is 6.54 Å². The van der Waals surface area contributed by atoms with Crippen LogP contribution >= 0.6 is 11.6 Å². The molecule has 1 saturated heterocycles. The van der Waals surface area contributed by atoms with Crippen LogP contribution in [-0.2, 0) is 4.79 Å². The molecule has 0 aliphatic carbocycles. The summed E-state index contributed by atoms with van der Waals surface area (Å²) in [5.74, 6) is 0.899. The first-order valence-corrected chi connectivity index (χ1v) is 8.26. The maximum atomic E-state index is 11.7. The first-order valence-electron chi connectivity index (χ1n) is 7.88. The van der Waals surface area contributed by atoms with Crippen LogP contribution in [0.3, 0.4) is 0 Å². The molecule has 0 radical (unpaired) electrons. The number of nitrogens with one attached hydrogen (secondary N) is 1. The monoisotopic (exact) mass is 337 g/mol. The molecule has 0 aromatic heterocycles. The van der Waals surface area contributed by atoms with Crippen LogP contribution in [0.1, 0.15) is 0 Å². The number of carbonyl (C=O) groups is 1. The van der Waals surface area contributed by atoms with Crippen molar-refractivity contribution in [2.24, 2.45) is 0 Å². The standard InChI is InChI=1S/C17H24ClN3O2/c1-2-7-19-17(22)14-21-10-8-20(9-11-21)12-13-23-16-5-3-15(18)4-6-16/h2-6H,1,7-14H2,(H,19,22).